The van der Waals surface area contributed by atoms with E-state index in [-0.39, 0.29) is 12.4 Å². The minimum absolute atomic E-state index is 0. The molecule has 1 aliphatic heterocycles. The Balaban J connectivity index is 0.00000196. The summed E-state index contributed by atoms with van der Waals surface area (Å²) in [4.78, 5) is 0. The third kappa shape index (κ3) is 4.66. The molecule has 0 radical (unpaired) electrons. The van der Waals surface area contributed by atoms with Gasteiger partial charge in [-0.2, -0.15) is 0 Å². The van der Waals surface area contributed by atoms with Crippen molar-refractivity contribution in [2.75, 3.05) is 65.1 Å². The van der Waals surface area contributed by atoms with Crippen LogP contribution in [0.3, 0.4) is 0 Å². The minimum Gasteiger partial charge on any atom is -1.00 e. The maximum atomic E-state index is 5.81. The Morgan fingerprint density at radius 1 is 0.800 bits per heavy atom. The van der Waals surface area contributed by atoms with Crippen LogP contribution in [0.15, 0.2) is 0 Å². The second-order valence-corrected chi connectivity index (χ2v) is 5.71. The highest BCUT2D eigenvalue weighted by molar-refractivity contribution is 6.18. The van der Waals surface area contributed by atoms with E-state index < -0.39 is 0 Å². The number of nitrogens with zero attached hydrogens (tertiary/aromatic N) is 2. The Morgan fingerprint density at radius 3 is 1.27 bits per heavy atom. The van der Waals surface area contributed by atoms with Crippen LogP contribution in [-0.4, -0.2) is 74.1 Å². The highest BCUT2D eigenvalue weighted by atomic mass is 35.5. The van der Waals surface area contributed by atoms with Crippen LogP contribution >= 0.6 is 23.2 Å². The molecule has 1 aliphatic rings. The van der Waals surface area contributed by atoms with Crippen molar-refractivity contribution in [1.82, 2.24) is 0 Å². The van der Waals surface area contributed by atoms with Crippen molar-refractivity contribution in [2.24, 2.45) is 0 Å². The summed E-state index contributed by atoms with van der Waals surface area (Å²) in [5.41, 5.74) is 0. The standard InChI is InChI=1S/C10H22Cl2N2.ClH/c1-13(5-3-11)7-9-14(2,6-4-12)10-8-13;/h3-10H2,1-2H3;1H/q+2;/p-1. The van der Waals surface area contributed by atoms with Crippen molar-refractivity contribution in [3.63, 3.8) is 0 Å². The summed E-state index contributed by atoms with van der Waals surface area (Å²) in [7, 11) is 4.62. The molecule has 0 saturated carbocycles. The van der Waals surface area contributed by atoms with Crippen LogP contribution in [0.1, 0.15) is 0 Å². The van der Waals surface area contributed by atoms with Crippen LogP contribution in [0.4, 0.5) is 0 Å². The number of rotatable bonds is 4. The number of hydrogen-bond acceptors (Lipinski definition) is 0. The fourth-order valence-electron chi connectivity index (χ4n) is 2.04. The minimum atomic E-state index is 0. The van der Waals surface area contributed by atoms with E-state index in [4.69, 9.17) is 23.2 Å². The molecule has 2 nitrogen and oxygen atoms in total. The van der Waals surface area contributed by atoms with Crippen LogP contribution in [0, 0.1) is 0 Å². The van der Waals surface area contributed by atoms with Crippen molar-refractivity contribution in [2.45, 2.75) is 0 Å². The molecule has 15 heavy (non-hydrogen) atoms. The number of hydrogen-bond donors (Lipinski definition) is 0. The summed E-state index contributed by atoms with van der Waals surface area (Å²) in [5.74, 6) is 1.55. The Bertz CT molecular complexity index is 160. The molecule has 1 saturated heterocycles. The van der Waals surface area contributed by atoms with Crippen LogP contribution in [0.5, 0.6) is 0 Å². The molecule has 0 aromatic rings. The Kier molecular flexibility index (Phi) is 6.85. The second-order valence-electron chi connectivity index (χ2n) is 4.96. The molecule has 1 rings (SSSR count). The van der Waals surface area contributed by atoms with Crippen LogP contribution in [0.2, 0.25) is 0 Å². The molecule has 0 atom stereocenters. The smallest absolute Gasteiger partial charge is 0.128 e. The number of piperazine rings is 1. The van der Waals surface area contributed by atoms with E-state index in [2.05, 4.69) is 14.1 Å². The maximum Gasteiger partial charge on any atom is 0.128 e. The zero-order valence-corrected chi connectivity index (χ0v) is 12.0. The van der Waals surface area contributed by atoms with E-state index in [0.29, 0.717) is 0 Å². The van der Waals surface area contributed by atoms with Gasteiger partial charge in [0.15, 0.2) is 0 Å². The Labute approximate surface area is 110 Å². The van der Waals surface area contributed by atoms with E-state index >= 15 is 0 Å². The van der Waals surface area contributed by atoms with E-state index in [1.165, 1.54) is 26.2 Å². The first-order valence-corrected chi connectivity index (χ1v) is 6.40. The number of alkyl halides is 2. The van der Waals surface area contributed by atoms with E-state index in [0.717, 1.165) is 33.8 Å². The lowest BCUT2D eigenvalue weighted by Gasteiger charge is -2.45. The van der Waals surface area contributed by atoms with Gasteiger partial charge in [-0.15, -0.1) is 23.2 Å². The van der Waals surface area contributed by atoms with E-state index in [1.807, 2.05) is 0 Å². The largest absolute Gasteiger partial charge is 1.00 e. The summed E-state index contributed by atoms with van der Waals surface area (Å²) in [6.07, 6.45) is 0. The Morgan fingerprint density at radius 2 is 1.07 bits per heavy atom. The third-order valence-corrected chi connectivity index (χ3v) is 3.95. The predicted octanol–water partition coefficient (Wildman–Crippen LogP) is -1.63. The average molecular weight is 277 g/mol. The lowest BCUT2D eigenvalue weighted by atomic mass is 10.2. The number of halogens is 3. The average Bonchev–Trinajstić information content (AvgIpc) is 2.13. The van der Waals surface area contributed by atoms with Gasteiger partial charge in [-0.3, -0.25) is 0 Å². The number of quaternary nitrogens is 2. The van der Waals surface area contributed by atoms with Gasteiger partial charge >= 0.3 is 0 Å². The molecule has 5 heteroatoms. The summed E-state index contributed by atoms with van der Waals surface area (Å²) >= 11 is 11.6. The zero-order valence-electron chi connectivity index (χ0n) is 9.69. The normalized spacial score (nSPS) is 36.0. The SMILES string of the molecule is C[N+]1(CCCl)CC[N+](C)(CCCl)CC1.[Cl-]. The first-order valence-electron chi connectivity index (χ1n) is 5.33. The quantitative estimate of drug-likeness (QED) is 0.428. The van der Waals surface area contributed by atoms with Gasteiger partial charge in [-0.1, -0.05) is 0 Å². The molecule has 0 aromatic carbocycles. The third-order valence-electron chi connectivity index (χ3n) is 3.61. The lowest BCUT2D eigenvalue weighted by Crippen LogP contribution is -3.00. The fraction of sp³-hybridized carbons (Fsp3) is 1.00. The van der Waals surface area contributed by atoms with E-state index in [9.17, 15) is 0 Å². The molecule has 0 N–H and O–H groups in total. The molecule has 1 fully saturated rings. The molecular weight excluding hydrogens is 254 g/mol. The molecule has 0 unspecified atom stereocenters. The van der Waals surface area contributed by atoms with Gasteiger partial charge in [0.2, 0.25) is 0 Å². The van der Waals surface area contributed by atoms with Crippen molar-refractivity contribution in [1.29, 1.82) is 0 Å². The molecule has 0 spiro atoms. The molecular formula is C10H22Cl3N2+. The van der Waals surface area contributed by atoms with Gasteiger partial charge in [0.1, 0.15) is 26.2 Å². The predicted molar refractivity (Wildman–Crippen MR) is 63.0 cm³/mol. The van der Waals surface area contributed by atoms with Crippen molar-refractivity contribution < 1.29 is 21.4 Å². The highest BCUT2D eigenvalue weighted by Gasteiger charge is 2.35. The van der Waals surface area contributed by atoms with Crippen molar-refractivity contribution in [3.05, 3.63) is 0 Å². The summed E-state index contributed by atoms with van der Waals surface area (Å²) in [6, 6.07) is 0. The first-order chi connectivity index (χ1) is 6.54. The topological polar surface area (TPSA) is 0 Å². The van der Waals surface area contributed by atoms with E-state index in [1.54, 1.807) is 0 Å². The first kappa shape index (κ1) is 15.8. The highest BCUT2D eigenvalue weighted by Crippen LogP contribution is 2.15. The van der Waals surface area contributed by atoms with Gasteiger partial charge < -0.3 is 21.4 Å². The fourth-order valence-corrected chi connectivity index (χ4v) is 2.86. The van der Waals surface area contributed by atoms with Crippen LogP contribution in [-0.2, 0) is 0 Å². The molecule has 92 valence electrons. The summed E-state index contributed by atoms with van der Waals surface area (Å²) in [5, 5.41) is 0. The van der Waals surface area contributed by atoms with Crippen LogP contribution in [0.25, 0.3) is 0 Å². The zero-order chi connectivity index (χ0) is 10.7. The van der Waals surface area contributed by atoms with Gasteiger partial charge in [0, 0.05) is 0 Å². The van der Waals surface area contributed by atoms with Crippen molar-refractivity contribution >= 4 is 23.2 Å². The van der Waals surface area contributed by atoms with Gasteiger partial charge in [0.25, 0.3) is 0 Å². The van der Waals surface area contributed by atoms with Crippen molar-refractivity contribution in [3.8, 4) is 0 Å². The lowest BCUT2D eigenvalue weighted by molar-refractivity contribution is -1.01. The van der Waals surface area contributed by atoms with Crippen LogP contribution < -0.4 is 12.4 Å². The summed E-state index contributed by atoms with van der Waals surface area (Å²) < 4.78 is 2.28. The number of likely N-dealkylation sites (N-methyl/N-ethyl adjacent to an activating group) is 2. The molecule has 0 amide bonds. The molecule has 1 heterocycles. The van der Waals surface area contributed by atoms with Gasteiger partial charge in [-0.05, 0) is 0 Å². The molecule has 0 aliphatic carbocycles. The Hall–Kier alpha value is 0.790. The second kappa shape index (κ2) is 6.51. The maximum absolute atomic E-state index is 5.81. The van der Waals surface area contributed by atoms with Gasteiger partial charge in [-0.25, -0.2) is 0 Å². The van der Waals surface area contributed by atoms with Gasteiger partial charge in [0.05, 0.1) is 38.9 Å². The molecule has 0 bridgehead atoms. The molecule has 0 aromatic heterocycles. The monoisotopic (exact) mass is 275 g/mol. The summed E-state index contributed by atoms with van der Waals surface area (Å²) in [6.45, 7) is 7.14.